The molecule has 1 nitrogen and oxygen atoms in total. The van der Waals surface area contributed by atoms with Gasteiger partial charge in [-0.15, -0.1) is 11.3 Å². The number of alkyl halides is 1. The summed E-state index contributed by atoms with van der Waals surface area (Å²) in [7, 11) is 0. The van der Waals surface area contributed by atoms with Gasteiger partial charge in [-0.25, -0.2) is 4.98 Å². The lowest BCUT2D eigenvalue weighted by Gasteiger charge is -2.08. The van der Waals surface area contributed by atoms with Gasteiger partial charge < -0.3 is 0 Å². The monoisotopic (exact) mass is 309 g/mol. The van der Waals surface area contributed by atoms with E-state index in [2.05, 4.69) is 66.0 Å². The summed E-state index contributed by atoms with van der Waals surface area (Å²) < 4.78 is 0. The maximum atomic E-state index is 4.48. The van der Waals surface area contributed by atoms with Crippen LogP contribution in [0.4, 0.5) is 0 Å². The second-order valence-electron chi connectivity index (χ2n) is 4.34. The smallest absolute Gasteiger partial charge is 0.0900 e. The molecular weight excluding hydrogens is 294 g/mol. The maximum Gasteiger partial charge on any atom is 0.0900 e. The normalized spacial score (nSPS) is 12.7. The van der Waals surface area contributed by atoms with Crippen LogP contribution in [0.2, 0.25) is 0 Å². The Bertz CT molecular complexity index is 501. The summed E-state index contributed by atoms with van der Waals surface area (Å²) in [5.74, 6) is 0. The first-order valence-corrected chi connectivity index (χ1v) is 7.43. The van der Waals surface area contributed by atoms with Crippen molar-refractivity contribution in [1.29, 1.82) is 0 Å². The van der Waals surface area contributed by atoms with Gasteiger partial charge >= 0.3 is 0 Å². The molecule has 0 amide bonds. The van der Waals surface area contributed by atoms with Crippen LogP contribution in [0.15, 0.2) is 24.3 Å². The second-order valence-corrected chi connectivity index (χ2v) is 6.68. The van der Waals surface area contributed by atoms with E-state index in [9.17, 15) is 0 Å². The molecule has 0 fully saturated rings. The van der Waals surface area contributed by atoms with E-state index in [0.29, 0.717) is 4.83 Å². The minimum absolute atomic E-state index is 0.372. The van der Waals surface area contributed by atoms with Crippen LogP contribution in [0.3, 0.4) is 0 Å². The summed E-state index contributed by atoms with van der Waals surface area (Å²) in [6.45, 7) is 6.26. The van der Waals surface area contributed by atoms with Gasteiger partial charge in [0.25, 0.3) is 0 Å². The third-order valence-electron chi connectivity index (χ3n) is 2.76. The number of benzene rings is 1. The summed E-state index contributed by atoms with van der Waals surface area (Å²) in [5, 5.41) is 1.14. The van der Waals surface area contributed by atoms with Crippen molar-refractivity contribution in [3.63, 3.8) is 0 Å². The Balaban J connectivity index is 2.14. The van der Waals surface area contributed by atoms with E-state index < -0.39 is 0 Å². The first-order valence-electron chi connectivity index (χ1n) is 5.70. The number of halogens is 1. The van der Waals surface area contributed by atoms with Crippen LogP contribution < -0.4 is 0 Å². The average Bonchev–Trinajstić information content (AvgIpc) is 2.61. The van der Waals surface area contributed by atoms with E-state index in [0.717, 1.165) is 17.1 Å². The molecule has 2 rings (SSSR count). The third kappa shape index (κ3) is 3.17. The fraction of sp³-hybridized carbons (Fsp3) is 0.357. The molecule has 0 bridgehead atoms. The van der Waals surface area contributed by atoms with E-state index in [1.54, 1.807) is 11.3 Å². The number of hydrogen-bond acceptors (Lipinski definition) is 2. The molecular formula is C14H16BrNS. The molecule has 1 atom stereocenters. The third-order valence-corrected chi connectivity index (χ3v) is 5.03. The lowest BCUT2D eigenvalue weighted by molar-refractivity contribution is 0.949. The van der Waals surface area contributed by atoms with Crippen LogP contribution in [-0.4, -0.2) is 4.98 Å². The predicted molar refractivity (Wildman–Crippen MR) is 78.1 cm³/mol. The summed E-state index contributed by atoms with van der Waals surface area (Å²) in [4.78, 5) is 6.20. The highest BCUT2D eigenvalue weighted by molar-refractivity contribution is 9.09. The number of rotatable bonds is 3. The van der Waals surface area contributed by atoms with Crippen LogP contribution in [0.1, 0.15) is 31.5 Å². The van der Waals surface area contributed by atoms with E-state index in [1.807, 2.05) is 0 Å². The number of aromatic nitrogens is 1. The fourth-order valence-electron chi connectivity index (χ4n) is 1.86. The highest BCUT2D eigenvalue weighted by Gasteiger charge is 2.14. The van der Waals surface area contributed by atoms with Gasteiger partial charge in [-0.2, -0.15) is 0 Å². The predicted octanol–water partition coefficient (Wildman–Crippen LogP) is 4.75. The Hall–Kier alpha value is -0.670. The molecule has 1 aromatic heterocycles. The van der Waals surface area contributed by atoms with Crippen LogP contribution >= 0.6 is 27.3 Å². The topological polar surface area (TPSA) is 12.9 Å². The lowest BCUT2D eigenvalue weighted by atomic mass is 10.1. The molecule has 1 unspecified atom stereocenters. The van der Waals surface area contributed by atoms with Crippen molar-refractivity contribution in [2.75, 3.05) is 0 Å². The number of thiazole rings is 1. The van der Waals surface area contributed by atoms with E-state index >= 15 is 0 Å². The highest BCUT2D eigenvalue weighted by Crippen LogP contribution is 2.33. The van der Waals surface area contributed by atoms with Gasteiger partial charge in [0, 0.05) is 4.88 Å². The first kappa shape index (κ1) is 12.8. The summed E-state index contributed by atoms with van der Waals surface area (Å²) >= 11 is 5.56. The van der Waals surface area contributed by atoms with Crippen LogP contribution in [0, 0.1) is 20.8 Å². The van der Waals surface area contributed by atoms with Crippen molar-refractivity contribution in [3.8, 4) is 0 Å². The van der Waals surface area contributed by atoms with Crippen molar-refractivity contribution >= 4 is 27.3 Å². The molecule has 2 aromatic rings. The molecule has 0 radical (unpaired) electrons. The van der Waals surface area contributed by atoms with Gasteiger partial charge in [0.1, 0.15) is 0 Å². The van der Waals surface area contributed by atoms with Crippen molar-refractivity contribution in [2.24, 2.45) is 0 Å². The largest absolute Gasteiger partial charge is 0.247 e. The van der Waals surface area contributed by atoms with Gasteiger partial charge in [-0.05, 0) is 32.8 Å². The van der Waals surface area contributed by atoms with Gasteiger partial charge in [0.2, 0.25) is 0 Å². The van der Waals surface area contributed by atoms with Crippen molar-refractivity contribution in [1.82, 2.24) is 4.98 Å². The minimum atomic E-state index is 0.372. The Labute approximate surface area is 115 Å². The number of aryl methyl sites for hydroxylation is 3. The van der Waals surface area contributed by atoms with Crippen LogP contribution in [0.5, 0.6) is 0 Å². The molecule has 1 aromatic carbocycles. The van der Waals surface area contributed by atoms with Crippen molar-refractivity contribution in [2.45, 2.75) is 32.0 Å². The van der Waals surface area contributed by atoms with Crippen molar-refractivity contribution in [3.05, 3.63) is 51.0 Å². The summed E-state index contributed by atoms with van der Waals surface area (Å²) in [6, 6.07) is 8.74. The maximum absolute atomic E-state index is 4.48. The van der Waals surface area contributed by atoms with E-state index in [1.165, 1.54) is 16.0 Å². The average molecular weight is 310 g/mol. The zero-order valence-electron chi connectivity index (χ0n) is 10.3. The fourth-order valence-corrected chi connectivity index (χ4v) is 3.75. The number of nitrogens with zero attached hydrogens (tertiary/aromatic N) is 1. The van der Waals surface area contributed by atoms with E-state index in [-0.39, 0.29) is 0 Å². The highest BCUT2D eigenvalue weighted by atomic mass is 79.9. The number of hydrogen-bond donors (Lipinski definition) is 0. The SMILES string of the molecule is Cc1ccc(CC(Br)c2sc(C)nc2C)cc1. The first-order chi connectivity index (χ1) is 8.06. The lowest BCUT2D eigenvalue weighted by Crippen LogP contribution is -1.95. The molecule has 1 heterocycles. The van der Waals surface area contributed by atoms with Gasteiger partial charge in [-0.3, -0.25) is 0 Å². The molecule has 0 aliphatic carbocycles. The molecule has 0 spiro atoms. The standard InChI is InChI=1S/C14H16BrNS/c1-9-4-6-12(7-5-9)8-13(15)14-10(2)16-11(3)17-14/h4-7,13H,8H2,1-3H3. The Morgan fingerprint density at radius 1 is 1.18 bits per heavy atom. The molecule has 0 aliphatic heterocycles. The zero-order valence-corrected chi connectivity index (χ0v) is 12.7. The molecule has 0 saturated heterocycles. The van der Waals surface area contributed by atoms with Crippen molar-refractivity contribution < 1.29 is 0 Å². The molecule has 0 saturated carbocycles. The van der Waals surface area contributed by atoms with Gasteiger partial charge in [0.15, 0.2) is 0 Å². The van der Waals surface area contributed by atoms with Gasteiger partial charge in [0.05, 0.1) is 15.5 Å². The molecule has 3 heteroatoms. The Kier molecular flexibility index (Phi) is 4.00. The van der Waals surface area contributed by atoms with E-state index in [4.69, 9.17) is 0 Å². The summed E-state index contributed by atoms with van der Waals surface area (Å²) in [5.41, 5.74) is 3.83. The summed E-state index contributed by atoms with van der Waals surface area (Å²) in [6.07, 6.45) is 1.02. The Morgan fingerprint density at radius 2 is 1.82 bits per heavy atom. The molecule has 0 aliphatic rings. The Morgan fingerprint density at radius 3 is 2.35 bits per heavy atom. The minimum Gasteiger partial charge on any atom is -0.247 e. The zero-order chi connectivity index (χ0) is 12.4. The van der Waals surface area contributed by atoms with Gasteiger partial charge in [-0.1, -0.05) is 45.8 Å². The quantitative estimate of drug-likeness (QED) is 0.746. The molecule has 90 valence electrons. The second kappa shape index (κ2) is 5.32. The molecule has 17 heavy (non-hydrogen) atoms. The molecule has 0 N–H and O–H groups in total. The van der Waals surface area contributed by atoms with Crippen LogP contribution in [0.25, 0.3) is 0 Å². The van der Waals surface area contributed by atoms with Crippen LogP contribution in [-0.2, 0) is 6.42 Å².